The van der Waals surface area contributed by atoms with E-state index >= 15 is 0 Å². The number of rotatable bonds is 6. The zero-order valence-electron chi connectivity index (χ0n) is 14.9. The first-order chi connectivity index (χ1) is 12.5. The highest BCUT2D eigenvalue weighted by Gasteiger charge is 2.35. The van der Waals surface area contributed by atoms with Crippen LogP contribution in [0.5, 0.6) is 0 Å². The van der Waals surface area contributed by atoms with Gasteiger partial charge in [0.15, 0.2) is 0 Å². The SMILES string of the molecule is CN(Cc1cccc(Cl)c1)C(=O)[C@@H]1CC(=O)N(CCc2ccccc2)C1. The van der Waals surface area contributed by atoms with Gasteiger partial charge in [-0.25, -0.2) is 0 Å². The zero-order chi connectivity index (χ0) is 18.5. The van der Waals surface area contributed by atoms with Gasteiger partial charge in [0, 0.05) is 38.1 Å². The van der Waals surface area contributed by atoms with Gasteiger partial charge in [-0.1, -0.05) is 54.1 Å². The van der Waals surface area contributed by atoms with Crippen LogP contribution in [0.25, 0.3) is 0 Å². The minimum Gasteiger partial charge on any atom is -0.342 e. The van der Waals surface area contributed by atoms with Gasteiger partial charge in [-0.2, -0.15) is 0 Å². The molecule has 0 aromatic heterocycles. The van der Waals surface area contributed by atoms with Crippen molar-refractivity contribution in [3.05, 3.63) is 70.7 Å². The molecule has 1 fully saturated rings. The molecule has 136 valence electrons. The highest BCUT2D eigenvalue weighted by atomic mass is 35.5. The van der Waals surface area contributed by atoms with E-state index in [1.54, 1.807) is 11.9 Å². The number of benzene rings is 2. The molecule has 2 amide bonds. The predicted molar refractivity (Wildman–Crippen MR) is 103 cm³/mol. The van der Waals surface area contributed by atoms with E-state index < -0.39 is 0 Å². The standard InChI is InChI=1S/C21H23ClN2O2/c1-23(14-17-8-5-9-19(22)12-17)21(26)18-13-20(25)24(15-18)11-10-16-6-3-2-4-7-16/h2-9,12,18H,10-11,13-15H2,1H3/t18-/m1/s1. The van der Waals surface area contributed by atoms with E-state index in [-0.39, 0.29) is 17.7 Å². The highest BCUT2D eigenvalue weighted by molar-refractivity contribution is 6.30. The smallest absolute Gasteiger partial charge is 0.228 e. The largest absolute Gasteiger partial charge is 0.342 e. The quantitative estimate of drug-likeness (QED) is 0.782. The van der Waals surface area contributed by atoms with Crippen molar-refractivity contribution in [3.8, 4) is 0 Å². The van der Waals surface area contributed by atoms with Gasteiger partial charge in [0.25, 0.3) is 0 Å². The summed E-state index contributed by atoms with van der Waals surface area (Å²) < 4.78 is 0. The molecule has 4 nitrogen and oxygen atoms in total. The van der Waals surface area contributed by atoms with Crippen LogP contribution < -0.4 is 0 Å². The lowest BCUT2D eigenvalue weighted by atomic mass is 10.1. The Hall–Kier alpha value is -2.33. The van der Waals surface area contributed by atoms with E-state index in [0.29, 0.717) is 31.1 Å². The van der Waals surface area contributed by atoms with Crippen molar-refractivity contribution in [2.45, 2.75) is 19.4 Å². The monoisotopic (exact) mass is 370 g/mol. The van der Waals surface area contributed by atoms with Crippen LogP contribution in [-0.4, -0.2) is 41.8 Å². The normalized spacial score (nSPS) is 16.8. The van der Waals surface area contributed by atoms with Gasteiger partial charge in [-0.15, -0.1) is 0 Å². The molecule has 0 bridgehead atoms. The number of carbonyl (C=O) groups is 2. The lowest BCUT2D eigenvalue weighted by Crippen LogP contribution is -2.34. The molecule has 1 heterocycles. The second-order valence-corrected chi connectivity index (χ2v) is 7.24. The first kappa shape index (κ1) is 18.5. The van der Waals surface area contributed by atoms with Gasteiger partial charge < -0.3 is 9.80 Å². The van der Waals surface area contributed by atoms with Gasteiger partial charge in [-0.3, -0.25) is 9.59 Å². The van der Waals surface area contributed by atoms with E-state index in [2.05, 4.69) is 12.1 Å². The molecule has 0 saturated carbocycles. The molecule has 0 radical (unpaired) electrons. The Kier molecular flexibility index (Phi) is 5.94. The lowest BCUT2D eigenvalue weighted by Gasteiger charge is -2.21. The number of nitrogens with zero attached hydrogens (tertiary/aromatic N) is 2. The number of hydrogen-bond acceptors (Lipinski definition) is 2. The van der Waals surface area contributed by atoms with Crippen molar-refractivity contribution >= 4 is 23.4 Å². The Morgan fingerprint density at radius 2 is 1.88 bits per heavy atom. The average Bonchev–Trinajstić information content (AvgIpc) is 3.01. The molecule has 26 heavy (non-hydrogen) atoms. The van der Waals surface area contributed by atoms with Crippen LogP contribution >= 0.6 is 11.6 Å². The van der Waals surface area contributed by atoms with Crippen LogP contribution in [0.3, 0.4) is 0 Å². The molecule has 2 aromatic carbocycles. The summed E-state index contributed by atoms with van der Waals surface area (Å²) in [5.41, 5.74) is 2.19. The van der Waals surface area contributed by atoms with Crippen molar-refractivity contribution in [1.29, 1.82) is 0 Å². The van der Waals surface area contributed by atoms with E-state index in [4.69, 9.17) is 11.6 Å². The Balaban J connectivity index is 1.54. The van der Waals surface area contributed by atoms with Crippen LogP contribution in [-0.2, 0) is 22.6 Å². The third kappa shape index (κ3) is 4.64. The highest BCUT2D eigenvalue weighted by Crippen LogP contribution is 2.21. The van der Waals surface area contributed by atoms with Crippen LogP contribution in [0.4, 0.5) is 0 Å². The van der Waals surface area contributed by atoms with Crippen molar-refractivity contribution < 1.29 is 9.59 Å². The number of carbonyl (C=O) groups excluding carboxylic acids is 2. The maximum atomic E-state index is 12.7. The minimum atomic E-state index is -0.262. The second-order valence-electron chi connectivity index (χ2n) is 6.80. The summed E-state index contributed by atoms with van der Waals surface area (Å²) in [6, 6.07) is 17.6. The molecule has 0 spiro atoms. The molecule has 0 aliphatic carbocycles. The minimum absolute atomic E-state index is 0.0144. The first-order valence-electron chi connectivity index (χ1n) is 8.84. The summed E-state index contributed by atoms with van der Waals surface area (Å²) in [6.45, 7) is 1.66. The molecule has 1 saturated heterocycles. The maximum Gasteiger partial charge on any atom is 0.228 e. The second kappa shape index (κ2) is 8.37. The Labute approximate surface area is 159 Å². The third-order valence-corrected chi connectivity index (χ3v) is 5.00. The average molecular weight is 371 g/mol. The van der Waals surface area contributed by atoms with E-state index in [0.717, 1.165) is 12.0 Å². The van der Waals surface area contributed by atoms with E-state index in [9.17, 15) is 9.59 Å². The van der Waals surface area contributed by atoms with Gasteiger partial charge in [0.2, 0.25) is 11.8 Å². The van der Waals surface area contributed by atoms with E-state index in [1.165, 1.54) is 5.56 Å². The number of likely N-dealkylation sites (tertiary alicyclic amines) is 1. The molecule has 1 aliphatic rings. The summed E-state index contributed by atoms with van der Waals surface area (Å²) in [5, 5.41) is 0.659. The Morgan fingerprint density at radius 1 is 1.15 bits per heavy atom. The van der Waals surface area contributed by atoms with Gasteiger partial charge >= 0.3 is 0 Å². The van der Waals surface area contributed by atoms with Crippen molar-refractivity contribution in [3.63, 3.8) is 0 Å². The molecule has 5 heteroatoms. The first-order valence-corrected chi connectivity index (χ1v) is 9.22. The van der Waals surface area contributed by atoms with Crippen molar-refractivity contribution in [2.75, 3.05) is 20.1 Å². The molecule has 2 aromatic rings. The molecular weight excluding hydrogens is 348 g/mol. The molecule has 0 unspecified atom stereocenters. The molecule has 3 rings (SSSR count). The number of amides is 2. The van der Waals surface area contributed by atoms with Gasteiger partial charge in [-0.05, 0) is 29.7 Å². The van der Waals surface area contributed by atoms with Crippen LogP contribution in [0, 0.1) is 5.92 Å². The van der Waals surface area contributed by atoms with Gasteiger partial charge in [0.05, 0.1) is 5.92 Å². The van der Waals surface area contributed by atoms with Crippen molar-refractivity contribution in [2.24, 2.45) is 5.92 Å². The lowest BCUT2D eigenvalue weighted by molar-refractivity contribution is -0.135. The Morgan fingerprint density at radius 3 is 2.62 bits per heavy atom. The predicted octanol–water partition coefficient (Wildman–Crippen LogP) is 3.39. The number of halogens is 1. The van der Waals surface area contributed by atoms with Crippen LogP contribution in [0.15, 0.2) is 54.6 Å². The fourth-order valence-electron chi connectivity index (χ4n) is 3.36. The molecule has 1 atom stereocenters. The topological polar surface area (TPSA) is 40.6 Å². The maximum absolute atomic E-state index is 12.7. The molecule has 1 aliphatic heterocycles. The molecular formula is C21H23ClN2O2. The zero-order valence-corrected chi connectivity index (χ0v) is 15.7. The third-order valence-electron chi connectivity index (χ3n) is 4.76. The van der Waals surface area contributed by atoms with Crippen LogP contribution in [0.1, 0.15) is 17.5 Å². The Bertz CT molecular complexity index is 779. The number of hydrogen-bond donors (Lipinski definition) is 0. The van der Waals surface area contributed by atoms with E-state index in [1.807, 2.05) is 47.4 Å². The van der Waals surface area contributed by atoms with Crippen molar-refractivity contribution in [1.82, 2.24) is 9.80 Å². The summed E-state index contributed by atoms with van der Waals surface area (Å²) in [6.07, 6.45) is 1.11. The molecule has 0 N–H and O–H groups in total. The summed E-state index contributed by atoms with van der Waals surface area (Å²) in [5.74, 6) is -0.182. The summed E-state index contributed by atoms with van der Waals surface area (Å²) in [4.78, 5) is 28.5. The fraction of sp³-hybridized carbons (Fsp3) is 0.333. The fourth-order valence-corrected chi connectivity index (χ4v) is 3.57. The van der Waals surface area contributed by atoms with Crippen LogP contribution in [0.2, 0.25) is 5.02 Å². The summed E-state index contributed by atoms with van der Waals surface area (Å²) >= 11 is 6.00. The summed E-state index contributed by atoms with van der Waals surface area (Å²) in [7, 11) is 1.78. The van der Waals surface area contributed by atoms with Gasteiger partial charge in [0.1, 0.15) is 0 Å².